The van der Waals surface area contributed by atoms with E-state index in [2.05, 4.69) is 32.0 Å². The summed E-state index contributed by atoms with van der Waals surface area (Å²) in [6.07, 6.45) is 14.1. The van der Waals surface area contributed by atoms with E-state index in [1.807, 2.05) is 0 Å². The van der Waals surface area contributed by atoms with Crippen molar-refractivity contribution in [1.29, 1.82) is 0 Å². The van der Waals surface area contributed by atoms with E-state index in [-0.39, 0.29) is 0 Å². The van der Waals surface area contributed by atoms with Gasteiger partial charge in [0.25, 0.3) is 0 Å². The van der Waals surface area contributed by atoms with Gasteiger partial charge in [0.05, 0.1) is 0 Å². The van der Waals surface area contributed by atoms with E-state index >= 15 is 0 Å². The number of hydrogen-bond donors (Lipinski definition) is 0. The molecule has 0 heteroatoms. The number of hydrogen-bond acceptors (Lipinski definition) is 0. The smallest absolute Gasteiger partial charge is 0.0250 e. The van der Waals surface area contributed by atoms with Gasteiger partial charge in [0.1, 0.15) is 0 Å². The lowest BCUT2D eigenvalue weighted by atomic mass is 9.77. The summed E-state index contributed by atoms with van der Waals surface area (Å²) in [4.78, 5) is 0. The van der Waals surface area contributed by atoms with Gasteiger partial charge < -0.3 is 0 Å². The topological polar surface area (TPSA) is 0 Å². The molecule has 0 spiro atoms. The fraction of sp³-hybridized carbons (Fsp3) is 0.714. The Labute approximate surface area is 131 Å². The van der Waals surface area contributed by atoms with Crippen LogP contribution < -0.4 is 0 Å². The average Bonchev–Trinajstić information content (AvgIpc) is 2.50. The highest BCUT2D eigenvalue weighted by Crippen LogP contribution is 2.34. The van der Waals surface area contributed by atoms with E-state index in [4.69, 9.17) is 0 Å². The highest BCUT2D eigenvalue weighted by molar-refractivity contribution is 5.34. The SMILES string of the molecule is CCCC1CCC(Cc2ccc3c(c2)CC[C@H](C)C3)CC1. The zero-order valence-electron chi connectivity index (χ0n) is 14.0. The van der Waals surface area contributed by atoms with Crippen LogP contribution in [-0.2, 0) is 19.3 Å². The molecule has 0 aliphatic heterocycles. The lowest BCUT2D eigenvalue weighted by Gasteiger charge is -2.29. The van der Waals surface area contributed by atoms with Gasteiger partial charge in [0, 0.05) is 0 Å². The van der Waals surface area contributed by atoms with Gasteiger partial charge in [-0.05, 0) is 73.0 Å². The van der Waals surface area contributed by atoms with Gasteiger partial charge in [0.15, 0.2) is 0 Å². The summed E-state index contributed by atoms with van der Waals surface area (Å²) in [5, 5.41) is 0. The predicted molar refractivity (Wildman–Crippen MR) is 91.7 cm³/mol. The molecule has 0 nitrogen and oxygen atoms in total. The van der Waals surface area contributed by atoms with Crippen molar-refractivity contribution in [2.75, 3.05) is 0 Å². The fourth-order valence-electron chi connectivity index (χ4n) is 4.58. The number of aryl methyl sites for hydroxylation is 1. The summed E-state index contributed by atoms with van der Waals surface area (Å²) >= 11 is 0. The maximum Gasteiger partial charge on any atom is -0.0250 e. The molecule has 0 amide bonds. The third-order valence-electron chi connectivity index (χ3n) is 5.93. The number of rotatable bonds is 4. The van der Waals surface area contributed by atoms with Crippen LogP contribution in [0.3, 0.4) is 0 Å². The third kappa shape index (κ3) is 3.90. The molecule has 0 unspecified atom stereocenters. The molecule has 0 bridgehead atoms. The third-order valence-corrected chi connectivity index (χ3v) is 5.93. The van der Waals surface area contributed by atoms with Crippen LogP contribution in [0.4, 0.5) is 0 Å². The summed E-state index contributed by atoms with van der Waals surface area (Å²) in [7, 11) is 0. The molecule has 2 aliphatic carbocycles. The molecule has 1 aromatic rings. The molecule has 1 atom stereocenters. The second-order valence-corrected chi connectivity index (χ2v) is 7.83. The molecule has 0 saturated heterocycles. The molecule has 1 aromatic carbocycles. The summed E-state index contributed by atoms with van der Waals surface area (Å²) < 4.78 is 0. The Balaban J connectivity index is 1.56. The maximum absolute atomic E-state index is 2.54. The van der Waals surface area contributed by atoms with Gasteiger partial charge in [0.2, 0.25) is 0 Å². The van der Waals surface area contributed by atoms with Crippen molar-refractivity contribution in [2.24, 2.45) is 17.8 Å². The monoisotopic (exact) mass is 284 g/mol. The van der Waals surface area contributed by atoms with Gasteiger partial charge in [-0.3, -0.25) is 0 Å². The van der Waals surface area contributed by atoms with E-state index in [0.717, 1.165) is 17.8 Å². The highest BCUT2D eigenvalue weighted by atomic mass is 14.3. The summed E-state index contributed by atoms with van der Waals surface area (Å²) in [5.41, 5.74) is 4.90. The van der Waals surface area contributed by atoms with Crippen LogP contribution in [0.5, 0.6) is 0 Å². The molecule has 1 fully saturated rings. The first-order valence-electron chi connectivity index (χ1n) is 9.35. The molecular formula is C21H32. The van der Waals surface area contributed by atoms with Gasteiger partial charge in [-0.1, -0.05) is 57.7 Å². The Morgan fingerprint density at radius 3 is 2.48 bits per heavy atom. The second-order valence-electron chi connectivity index (χ2n) is 7.83. The van der Waals surface area contributed by atoms with E-state index < -0.39 is 0 Å². The van der Waals surface area contributed by atoms with E-state index in [1.54, 1.807) is 16.7 Å². The van der Waals surface area contributed by atoms with Crippen molar-refractivity contribution in [3.05, 3.63) is 34.9 Å². The minimum absolute atomic E-state index is 0.886. The Bertz CT molecular complexity index is 451. The van der Waals surface area contributed by atoms with Crippen molar-refractivity contribution >= 4 is 0 Å². The fourth-order valence-corrected chi connectivity index (χ4v) is 4.58. The van der Waals surface area contributed by atoms with Crippen LogP contribution in [0.25, 0.3) is 0 Å². The average molecular weight is 284 g/mol. The van der Waals surface area contributed by atoms with Crippen molar-refractivity contribution in [3.8, 4) is 0 Å². The van der Waals surface area contributed by atoms with Crippen molar-refractivity contribution in [3.63, 3.8) is 0 Å². The van der Waals surface area contributed by atoms with Crippen molar-refractivity contribution in [2.45, 2.75) is 78.1 Å². The van der Waals surface area contributed by atoms with E-state index in [0.29, 0.717) is 0 Å². The first-order chi connectivity index (χ1) is 10.2. The molecule has 3 rings (SSSR count). The molecule has 0 heterocycles. The predicted octanol–water partition coefficient (Wildman–Crippen LogP) is 5.96. The molecule has 116 valence electrons. The molecular weight excluding hydrogens is 252 g/mol. The number of fused-ring (bicyclic) bond motifs is 1. The first kappa shape index (κ1) is 15.1. The zero-order chi connectivity index (χ0) is 14.7. The van der Waals surface area contributed by atoms with Crippen LogP contribution >= 0.6 is 0 Å². The van der Waals surface area contributed by atoms with Crippen molar-refractivity contribution in [1.82, 2.24) is 0 Å². The van der Waals surface area contributed by atoms with Crippen LogP contribution in [0.1, 0.15) is 75.5 Å². The minimum Gasteiger partial charge on any atom is -0.0654 e. The minimum atomic E-state index is 0.886. The number of benzene rings is 1. The largest absolute Gasteiger partial charge is 0.0654 e. The molecule has 1 saturated carbocycles. The molecule has 0 N–H and O–H groups in total. The van der Waals surface area contributed by atoms with Crippen molar-refractivity contribution < 1.29 is 0 Å². The van der Waals surface area contributed by atoms with Crippen LogP contribution in [0.15, 0.2) is 18.2 Å². The van der Waals surface area contributed by atoms with Crippen LogP contribution in [0.2, 0.25) is 0 Å². The lowest BCUT2D eigenvalue weighted by molar-refractivity contribution is 0.261. The lowest BCUT2D eigenvalue weighted by Crippen LogP contribution is -2.17. The first-order valence-corrected chi connectivity index (χ1v) is 9.35. The second kappa shape index (κ2) is 6.99. The Morgan fingerprint density at radius 2 is 1.71 bits per heavy atom. The molecule has 21 heavy (non-hydrogen) atoms. The Morgan fingerprint density at radius 1 is 0.952 bits per heavy atom. The van der Waals surface area contributed by atoms with Gasteiger partial charge >= 0.3 is 0 Å². The highest BCUT2D eigenvalue weighted by Gasteiger charge is 2.21. The quantitative estimate of drug-likeness (QED) is 0.640. The van der Waals surface area contributed by atoms with E-state index in [1.165, 1.54) is 64.2 Å². The molecule has 0 radical (unpaired) electrons. The summed E-state index contributed by atoms with van der Waals surface area (Å²) in [6.45, 7) is 4.73. The Hall–Kier alpha value is -0.780. The molecule has 2 aliphatic rings. The maximum atomic E-state index is 2.54. The standard InChI is InChI=1S/C21H32/c1-3-4-17-6-8-18(9-7-17)14-19-10-12-20-13-16(2)5-11-21(20)15-19/h10,12,15-18H,3-9,11,13-14H2,1-2H3/t16-,17?,18?/m0/s1. The molecule has 0 aromatic heterocycles. The summed E-state index contributed by atoms with van der Waals surface area (Å²) in [5.74, 6) is 2.88. The zero-order valence-corrected chi connectivity index (χ0v) is 14.0. The Kier molecular flexibility index (Phi) is 5.03. The van der Waals surface area contributed by atoms with Crippen LogP contribution in [0, 0.1) is 17.8 Å². The van der Waals surface area contributed by atoms with Gasteiger partial charge in [-0.15, -0.1) is 0 Å². The van der Waals surface area contributed by atoms with Gasteiger partial charge in [-0.25, -0.2) is 0 Å². The normalized spacial score (nSPS) is 29.1. The summed E-state index contributed by atoms with van der Waals surface area (Å²) in [6, 6.07) is 7.40. The van der Waals surface area contributed by atoms with Crippen LogP contribution in [-0.4, -0.2) is 0 Å². The van der Waals surface area contributed by atoms with Gasteiger partial charge in [-0.2, -0.15) is 0 Å². The van der Waals surface area contributed by atoms with E-state index in [9.17, 15) is 0 Å².